The minimum Gasteiger partial charge on any atom is -0.458 e. The molecule has 3 aromatic rings. The van der Waals surface area contributed by atoms with E-state index in [-0.39, 0.29) is 6.61 Å². The molecule has 2 heterocycles. The fraction of sp³-hybridized carbons (Fsp3) is 0.0500. The van der Waals surface area contributed by atoms with Crippen LogP contribution in [0.1, 0.15) is 11.1 Å². The van der Waals surface area contributed by atoms with Gasteiger partial charge in [-0.3, -0.25) is 4.98 Å². The van der Waals surface area contributed by atoms with Crippen molar-refractivity contribution >= 4 is 23.6 Å². The lowest BCUT2D eigenvalue weighted by atomic mass is 10.2. The summed E-state index contributed by atoms with van der Waals surface area (Å²) >= 11 is 5.83. The number of nitrogens with zero attached hydrogens (tertiary/aromatic N) is 2. The summed E-state index contributed by atoms with van der Waals surface area (Å²) in [6, 6.07) is 14.1. The number of rotatable bonds is 6. The molecule has 0 amide bonds. The molecule has 0 spiro atoms. The molecule has 2 aromatic heterocycles. The fourth-order valence-electron chi connectivity index (χ4n) is 2.02. The highest BCUT2D eigenvalue weighted by Gasteiger charge is 2.02. The van der Waals surface area contributed by atoms with Gasteiger partial charge in [0.1, 0.15) is 12.4 Å². The van der Waals surface area contributed by atoms with Gasteiger partial charge in [-0.2, -0.15) is 0 Å². The molecule has 1 aromatic carbocycles. The minimum absolute atomic E-state index is 0.129. The smallest absolute Gasteiger partial charge is 0.331 e. The van der Waals surface area contributed by atoms with Crippen LogP contribution in [0.4, 0.5) is 0 Å². The van der Waals surface area contributed by atoms with Crippen molar-refractivity contribution in [2.45, 2.75) is 6.61 Å². The molecule has 0 fully saturated rings. The first-order valence-corrected chi connectivity index (χ1v) is 8.20. The molecule has 0 saturated carbocycles. The van der Waals surface area contributed by atoms with Crippen molar-refractivity contribution < 1.29 is 14.3 Å². The number of benzene rings is 1. The van der Waals surface area contributed by atoms with Crippen molar-refractivity contribution in [3.8, 4) is 11.6 Å². The Morgan fingerprint density at radius 1 is 1.08 bits per heavy atom. The predicted octanol–water partition coefficient (Wildman–Crippen LogP) is 4.68. The summed E-state index contributed by atoms with van der Waals surface area (Å²) in [4.78, 5) is 19.9. The molecule has 0 atom stereocenters. The van der Waals surface area contributed by atoms with Gasteiger partial charge >= 0.3 is 5.97 Å². The highest BCUT2D eigenvalue weighted by Crippen LogP contribution is 2.21. The molecule has 5 nitrogen and oxygen atoms in total. The third kappa shape index (κ3) is 5.43. The van der Waals surface area contributed by atoms with Crippen LogP contribution >= 0.6 is 11.6 Å². The van der Waals surface area contributed by atoms with E-state index >= 15 is 0 Å². The summed E-state index contributed by atoms with van der Waals surface area (Å²) in [5, 5.41) is 0.639. The molecule has 0 aliphatic rings. The Balaban J connectivity index is 1.50. The maximum atomic E-state index is 11.7. The normalized spacial score (nSPS) is 10.7. The summed E-state index contributed by atoms with van der Waals surface area (Å²) in [5.74, 6) is 0.649. The first-order chi connectivity index (χ1) is 12.7. The summed E-state index contributed by atoms with van der Waals surface area (Å²) in [5.41, 5.74) is 1.59. The lowest BCUT2D eigenvalue weighted by Gasteiger charge is -2.06. The highest BCUT2D eigenvalue weighted by atomic mass is 35.5. The molecular weight excluding hydrogens is 352 g/mol. The van der Waals surface area contributed by atoms with Crippen LogP contribution in [0.25, 0.3) is 6.08 Å². The second kappa shape index (κ2) is 8.78. The molecule has 26 heavy (non-hydrogen) atoms. The van der Waals surface area contributed by atoms with Crippen LogP contribution in [0.3, 0.4) is 0 Å². The lowest BCUT2D eigenvalue weighted by Crippen LogP contribution is -2.01. The van der Waals surface area contributed by atoms with E-state index in [0.717, 1.165) is 11.1 Å². The van der Waals surface area contributed by atoms with Gasteiger partial charge in [-0.1, -0.05) is 17.7 Å². The second-order valence-electron chi connectivity index (χ2n) is 5.29. The molecule has 0 radical (unpaired) electrons. The topological polar surface area (TPSA) is 61.3 Å². The van der Waals surface area contributed by atoms with Gasteiger partial charge in [-0.15, -0.1) is 0 Å². The van der Waals surface area contributed by atoms with E-state index in [1.165, 1.54) is 6.08 Å². The van der Waals surface area contributed by atoms with E-state index in [1.807, 2.05) is 6.07 Å². The Bertz CT molecular complexity index is 879. The predicted molar refractivity (Wildman–Crippen MR) is 98.8 cm³/mol. The standard InChI is InChI=1S/C20H15ClN2O3/c21-17-5-7-18(8-6-17)26-19-9-3-16(13-23-19)14-25-20(24)10-4-15-2-1-11-22-12-15/h1-13H,14H2/b10-4+. The van der Waals surface area contributed by atoms with E-state index in [1.54, 1.807) is 67.1 Å². The van der Waals surface area contributed by atoms with Crippen molar-refractivity contribution in [1.82, 2.24) is 9.97 Å². The summed E-state index contributed by atoms with van der Waals surface area (Å²) < 4.78 is 10.8. The van der Waals surface area contributed by atoms with Gasteiger partial charge in [0.2, 0.25) is 5.88 Å². The Morgan fingerprint density at radius 2 is 1.92 bits per heavy atom. The average molecular weight is 367 g/mol. The Morgan fingerprint density at radius 3 is 2.62 bits per heavy atom. The number of aromatic nitrogens is 2. The minimum atomic E-state index is -0.435. The maximum absolute atomic E-state index is 11.7. The van der Waals surface area contributed by atoms with E-state index in [4.69, 9.17) is 21.1 Å². The number of pyridine rings is 2. The Hall–Kier alpha value is -3.18. The lowest BCUT2D eigenvalue weighted by molar-refractivity contribution is -0.138. The molecule has 0 saturated heterocycles. The average Bonchev–Trinajstić information content (AvgIpc) is 2.68. The van der Waals surface area contributed by atoms with Crippen LogP contribution in [-0.2, 0) is 16.1 Å². The Kier molecular flexibility index (Phi) is 5.96. The van der Waals surface area contributed by atoms with Crippen molar-refractivity contribution in [2.24, 2.45) is 0 Å². The number of ether oxygens (including phenoxy) is 2. The van der Waals surface area contributed by atoms with Crippen LogP contribution in [0.15, 0.2) is 73.2 Å². The number of halogens is 1. The van der Waals surface area contributed by atoms with E-state index in [2.05, 4.69) is 9.97 Å². The molecule has 0 aliphatic carbocycles. The van der Waals surface area contributed by atoms with Crippen molar-refractivity contribution in [3.05, 3.63) is 89.3 Å². The third-order valence-corrected chi connectivity index (χ3v) is 3.56. The molecule has 0 unspecified atom stereocenters. The van der Waals surface area contributed by atoms with Gasteiger partial charge < -0.3 is 9.47 Å². The number of carbonyl (C=O) groups is 1. The van der Waals surface area contributed by atoms with Crippen LogP contribution in [0.5, 0.6) is 11.6 Å². The third-order valence-electron chi connectivity index (χ3n) is 3.31. The zero-order valence-corrected chi connectivity index (χ0v) is 14.5. The maximum Gasteiger partial charge on any atom is 0.331 e. The van der Waals surface area contributed by atoms with Gasteiger partial charge in [-0.05, 0) is 48.0 Å². The van der Waals surface area contributed by atoms with E-state index < -0.39 is 5.97 Å². The van der Waals surface area contributed by atoms with Gasteiger partial charge in [0, 0.05) is 41.3 Å². The monoisotopic (exact) mass is 366 g/mol. The summed E-state index contributed by atoms with van der Waals surface area (Å²) in [6.45, 7) is 0.129. The van der Waals surface area contributed by atoms with Crippen LogP contribution in [0.2, 0.25) is 5.02 Å². The molecule has 0 aliphatic heterocycles. The molecular formula is C20H15ClN2O3. The zero-order chi connectivity index (χ0) is 18.2. The van der Waals surface area contributed by atoms with Crippen molar-refractivity contribution in [3.63, 3.8) is 0 Å². The molecule has 3 rings (SSSR count). The highest BCUT2D eigenvalue weighted by molar-refractivity contribution is 6.30. The zero-order valence-electron chi connectivity index (χ0n) is 13.7. The second-order valence-corrected chi connectivity index (χ2v) is 5.72. The molecule has 0 bridgehead atoms. The van der Waals surface area contributed by atoms with Gasteiger partial charge in [0.05, 0.1) is 0 Å². The number of hydrogen-bond acceptors (Lipinski definition) is 5. The quantitative estimate of drug-likeness (QED) is 0.468. The van der Waals surface area contributed by atoms with Crippen LogP contribution in [0, 0.1) is 0 Å². The number of esters is 1. The van der Waals surface area contributed by atoms with Crippen LogP contribution in [-0.4, -0.2) is 15.9 Å². The summed E-state index contributed by atoms with van der Waals surface area (Å²) in [6.07, 6.45) is 7.94. The molecule has 0 N–H and O–H groups in total. The largest absolute Gasteiger partial charge is 0.458 e. The Labute approximate surface area is 155 Å². The van der Waals surface area contributed by atoms with Crippen LogP contribution < -0.4 is 4.74 Å². The first kappa shape index (κ1) is 17.6. The van der Waals surface area contributed by atoms with Gasteiger partial charge in [-0.25, -0.2) is 9.78 Å². The van der Waals surface area contributed by atoms with Crippen molar-refractivity contribution in [2.75, 3.05) is 0 Å². The SMILES string of the molecule is O=C(/C=C/c1cccnc1)OCc1ccc(Oc2ccc(Cl)cc2)nc1. The summed E-state index contributed by atoms with van der Waals surface area (Å²) in [7, 11) is 0. The van der Waals surface area contributed by atoms with E-state index in [9.17, 15) is 4.79 Å². The first-order valence-electron chi connectivity index (χ1n) is 7.82. The van der Waals surface area contributed by atoms with E-state index in [0.29, 0.717) is 16.7 Å². The molecule has 130 valence electrons. The molecule has 6 heteroatoms. The number of carbonyl (C=O) groups excluding carboxylic acids is 1. The van der Waals surface area contributed by atoms with Gasteiger partial charge in [0.15, 0.2) is 0 Å². The number of hydrogen-bond donors (Lipinski definition) is 0. The van der Waals surface area contributed by atoms with Gasteiger partial charge in [0.25, 0.3) is 0 Å². The van der Waals surface area contributed by atoms with Crippen molar-refractivity contribution in [1.29, 1.82) is 0 Å². The fourth-order valence-corrected chi connectivity index (χ4v) is 2.15.